The molecular weight excluding hydrogens is 222 g/mol. The fourth-order valence-electron chi connectivity index (χ4n) is 2.08. The van der Waals surface area contributed by atoms with Crippen molar-refractivity contribution in [3.63, 3.8) is 0 Å². The first-order chi connectivity index (χ1) is 8.56. The zero-order valence-electron chi connectivity index (χ0n) is 11.1. The molecule has 0 aliphatic heterocycles. The number of hydrogen-bond donors (Lipinski definition) is 1. The molecular formula is C16H19NO. The van der Waals surface area contributed by atoms with Crippen LogP contribution < -0.4 is 0 Å². The van der Waals surface area contributed by atoms with Crippen molar-refractivity contribution in [1.82, 2.24) is 4.98 Å². The van der Waals surface area contributed by atoms with E-state index in [9.17, 15) is 5.11 Å². The Morgan fingerprint density at radius 2 is 1.89 bits per heavy atom. The van der Waals surface area contributed by atoms with Crippen LogP contribution in [0.15, 0.2) is 36.4 Å². The van der Waals surface area contributed by atoms with Gasteiger partial charge in [0.05, 0.1) is 11.8 Å². The third-order valence-electron chi connectivity index (χ3n) is 3.17. The quantitative estimate of drug-likeness (QED) is 0.894. The standard InChI is InChI=1S/C16H19NO/c1-11-7-8-12(2)14(9-11)10-16(18)15-6-4-5-13(3)17-15/h4-9,16,18H,10H2,1-3H3. The van der Waals surface area contributed by atoms with E-state index in [1.165, 1.54) is 16.7 Å². The summed E-state index contributed by atoms with van der Waals surface area (Å²) in [5.74, 6) is 0. The minimum atomic E-state index is -0.537. The summed E-state index contributed by atoms with van der Waals surface area (Å²) in [5, 5.41) is 10.3. The largest absolute Gasteiger partial charge is 0.386 e. The fraction of sp³-hybridized carbons (Fsp3) is 0.312. The Morgan fingerprint density at radius 3 is 2.61 bits per heavy atom. The lowest BCUT2D eigenvalue weighted by Crippen LogP contribution is -2.06. The van der Waals surface area contributed by atoms with Gasteiger partial charge in [0.15, 0.2) is 0 Å². The molecule has 2 heteroatoms. The predicted octanol–water partition coefficient (Wildman–Crippen LogP) is 3.28. The van der Waals surface area contributed by atoms with Gasteiger partial charge in [-0.1, -0.05) is 29.8 Å². The summed E-state index contributed by atoms with van der Waals surface area (Å²) in [6.07, 6.45) is 0.0784. The summed E-state index contributed by atoms with van der Waals surface area (Å²) in [4.78, 5) is 4.37. The fourth-order valence-corrected chi connectivity index (χ4v) is 2.08. The van der Waals surface area contributed by atoms with Gasteiger partial charge in [0.25, 0.3) is 0 Å². The van der Waals surface area contributed by atoms with E-state index in [4.69, 9.17) is 0 Å². The SMILES string of the molecule is Cc1ccc(C)c(CC(O)c2cccc(C)n2)c1. The molecule has 0 aliphatic carbocycles. The van der Waals surface area contributed by atoms with Gasteiger partial charge in [0.2, 0.25) is 0 Å². The van der Waals surface area contributed by atoms with E-state index in [1.54, 1.807) is 0 Å². The summed E-state index contributed by atoms with van der Waals surface area (Å²) in [5.41, 5.74) is 5.31. The van der Waals surface area contributed by atoms with Crippen LogP contribution in [0.25, 0.3) is 0 Å². The van der Waals surface area contributed by atoms with Crippen LogP contribution in [0.4, 0.5) is 0 Å². The Kier molecular flexibility index (Phi) is 3.78. The van der Waals surface area contributed by atoms with Crippen LogP contribution in [-0.2, 0) is 6.42 Å². The molecule has 2 rings (SSSR count). The molecule has 94 valence electrons. The summed E-state index contributed by atoms with van der Waals surface area (Å²) < 4.78 is 0. The first-order valence-electron chi connectivity index (χ1n) is 6.24. The van der Waals surface area contributed by atoms with Crippen LogP contribution in [0, 0.1) is 20.8 Å². The number of nitrogens with zero attached hydrogens (tertiary/aromatic N) is 1. The van der Waals surface area contributed by atoms with Crippen molar-refractivity contribution in [3.8, 4) is 0 Å². The molecule has 18 heavy (non-hydrogen) atoms. The van der Waals surface area contributed by atoms with Gasteiger partial charge in [-0.05, 0) is 44.0 Å². The summed E-state index contributed by atoms with van der Waals surface area (Å²) in [6.45, 7) is 6.08. The third kappa shape index (κ3) is 2.96. The maximum atomic E-state index is 10.3. The monoisotopic (exact) mass is 241 g/mol. The molecule has 0 bridgehead atoms. The minimum absolute atomic E-state index is 0.537. The molecule has 0 amide bonds. The topological polar surface area (TPSA) is 33.1 Å². The smallest absolute Gasteiger partial charge is 0.1000 e. The second kappa shape index (κ2) is 5.32. The van der Waals surface area contributed by atoms with Crippen molar-refractivity contribution in [2.75, 3.05) is 0 Å². The highest BCUT2D eigenvalue weighted by Gasteiger charge is 2.11. The molecule has 1 N–H and O–H groups in total. The lowest BCUT2D eigenvalue weighted by Gasteiger charge is -2.13. The molecule has 0 saturated heterocycles. The molecule has 2 aromatic rings. The molecule has 0 saturated carbocycles. The van der Waals surface area contributed by atoms with E-state index in [2.05, 4.69) is 37.0 Å². The van der Waals surface area contributed by atoms with Crippen molar-refractivity contribution in [1.29, 1.82) is 0 Å². The molecule has 0 spiro atoms. The van der Waals surface area contributed by atoms with E-state index in [-0.39, 0.29) is 0 Å². The van der Waals surface area contributed by atoms with Crippen molar-refractivity contribution < 1.29 is 5.11 Å². The molecule has 1 atom stereocenters. The Labute approximate surface area is 108 Å². The lowest BCUT2D eigenvalue weighted by atomic mass is 9.98. The van der Waals surface area contributed by atoms with Gasteiger partial charge >= 0.3 is 0 Å². The first-order valence-corrected chi connectivity index (χ1v) is 6.24. The van der Waals surface area contributed by atoms with Crippen LogP contribution >= 0.6 is 0 Å². The summed E-state index contributed by atoms with van der Waals surface area (Å²) in [6, 6.07) is 12.1. The first kappa shape index (κ1) is 12.8. The summed E-state index contributed by atoms with van der Waals surface area (Å²) >= 11 is 0. The van der Waals surface area contributed by atoms with Gasteiger partial charge in [0.1, 0.15) is 0 Å². The Bertz CT molecular complexity index is 549. The van der Waals surface area contributed by atoms with E-state index in [1.807, 2.05) is 25.1 Å². The van der Waals surface area contributed by atoms with E-state index in [0.29, 0.717) is 6.42 Å². The van der Waals surface area contributed by atoms with Gasteiger partial charge in [0, 0.05) is 12.1 Å². The number of aryl methyl sites for hydroxylation is 3. The Balaban J connectivity index is 2.21. The molecule has 0 fully saturated rings. The van der Waals surface area contributed by atoms with Crippen molar-refractivity contribution in [2.45, 2.75) is 33.3 Å². The summed E-state index contributed by atoms with van der Waals surface area (Å²) in [7, 11) is 0. The predicted molar refractivity (Wildman–Crippen MR) is 73.6 cm³/mol. The van der Waals surface area contributed by atoms with E-state index < -0.39 is 6.10 Å². The highest BCUT2D eigenvalue weighted by atomic mass is 16.3. The number of aliphatic hydroxyl groups is 1. The van der Waals surface area contributed by atoms with Crippen molar-refractivity contribution in [3.05, 3.63) is 64.5 Å². The highest BCUT2D eigenvalue weighted by molar-refractivity contribution is 5.31. The maximum Gasteiger partial charge on any atom is 0.1000 e. The van der Waals surface area contributed by atoms with Crippen LogP contribution in [0.1, 0.15) is 34.2 Å². The second-order valence-corrected chi connectivity index (χ2v) is 4.85. The van der Waals surface area contributed by atoms with Gasteiger partial charge < -0.3 is 5.11 Å². The number of pyridine rings is 1. The molecule has 2 nitrogen and oxygen atoms in total. The zero-order chi connectivity index (χ0) is 13.1. The maximum absolute atomic E-state index is 10.3. The average Bonchev–Trinajstić information content (AvgIpc) is 2.34. The number of aromatic nitrogens is 1. The van der Waals surface area contributed by atoms with Crippen molar-refractivity contribution in [2.24, 2.45) is 0 Å². The van der Waals surface area contributed by atoms with Crippen LogP contribution in [0.5, 0.6) is 0 Å². The highest BCUT2D eigenvalue weighted by Crippen LogP contribution is 2.20. The van der Waals surface area contributed by atoms with Gasteiger partial charge in [-0.3, -0.25) is 4.98 Å². The number of hydrogen-bond acceptors (Lipinski definition) is 2. The van der Waals surface area contributed by atoms with Crippen LogP contribution in [0.2, 0.25) is 0 Å². The lowest BCUT2D eigenvalue weighted by molar-refractivity contribution is 0.173. The van der Waals surface area contributed by atoms with Gasteiger partial charge in [-0.15, -0.1) is 0 Å². The zero-order valence-corrected chi connectivity index (χ0v) is 11.1. The van der Waals surface area contributed by atoms with Gasteiger partial charge in [-0.25, -0.2) is 0 Å². The molecule has 1 aromatic heterocycles. The molecule has 1 aromatic carbocycles. The molecule has 0 aliphatic rings. The van der Waals surface area contributed by atoms with Crippen LogP contribution in [0.3, 0.4) is 0 Å². The van der Waals surface area contributed by atoms with Gasteiger partial charge in [-0.2, -0.15) is 0 Å². The molecule has 0 radical (unpaired) electrons. The molecule has 1 unspecified atom stereocenters. The number of rotatable bonds is 3. The normalized spacial score (nSPS) is 12.4. The second-order valence-electron chi connectivity index (χ2n) is 4.85. The van der Waals surface area contributed by atoms with E-state index in [0.717, 1.165) is 11.4 Å². The Hall–Kier alpha value is -1.67. The number of aliphatic hydroxyl groups excluding tert-OH is 1. The minimum Gasteiger partial charge on any atom is -0.386 e. The Morgan fingerprint density at radius 1 is 1.11 bits per heavy atom. The van der Waals surface area contributed by atoms with E-state index >= 15 is 0 Å². The van der Waals surface area contributed by atoms with Crippen molar-refractivity contribution >= 4 is 0 Å². The average molecular weight is 241 g/mol. The van der Waals surface area contributed by atoms with Crippen LogP contribution in [-0.4, -0.2) is 10.1 Å². The third-order valence-corrected chi connectivity index (χ3v) is 3.17. The number of benzene rings is 1. The molecule has 1 heterocycles.